The summed E-state index contributed by atoms with van der Waals surface area (Å²) in [5.74, 6) is 0.666. The van der Waals surface area contributed by atoms with Crippen LogP contribution in [0.2, 0.25) is 0 Å². The van der Waals surface area contributed by atoms with Crippen molar-refractivity contribution in [1.29, 1.82) is 0 Å². The topological polar surface area (TPSA) is 44.1 Å². The fourth-order valence-electron chi connectivity index (χ4n) is 1.93. The van der Waals surface area contributed by atoms with E-state index in [0.717, 1.165) is 22.4 Å². The van der Waals surface area contributed by atoms with E-state index in [1.54, 1.807) is 19.3 Å². The van der Waals surface area contributed by atoms with Gasteiger partial charge in [-0.2, -0.15) is 0 Å². The maximum Gasteiger partial charge on any atom is 0.272 e. The minimum absolute atomic E-state index is 0.127. The lowest BCUT2D eigenvalue weighted by atomic mass is 10.1. The van der Waals surface area contributed by atoms with Crippen molar-refractivity contribution in [3.05, 3.63) is 47.5 Å². The predicted molar refractivity (Wildman–Crippen MR) is 73.6 cm³/mol. The minimum atomic E-state index is -0.548. The molecule has 0 radical (unpaired) electrons. The number of hydrogen-bond acceptors (Lipinski definition) is 3. The average Bonchev–Trinajstić information content (AvgIpc) is 2.92. The Kier molecular flexibility index (Phi) is 3.69. The zero-order valence-corrected chi connectivity index (χ0v) is 11.7. The molecule has 0 aliphatic rings. The van der Waals surface area contributed by atoms with E-state index in [0.29, 0.717) is 0 Å². The molecule has 0 amide bonds. The molecule has 1 aromatic heterocycles. The molecule has 2 aromatic rings. The minimum Gasteiger partial charge on any atom is -0.480 e. The highest BCUT2D eigenvalue weighted by Crippen LogP contribution is 2.26. The molecule has 4 heteroatoms. The number of rotatable bonds is 3. The average molecular weight is 258 g/mol. The van der Waals surface area contributed by atoms with Gasteiger partial charge in [0.25, 0.3) is 5.91 Å². The first-order chi connectivity index (χ1) is 9.00. The summed E-state index contributed by atoms with van der Waals surface area (Å²) in [6.07, 6.45) is 4.14. The van der Waals surface area contributed by atoms with Gasteiger partial charge >= 0.3 is 0 Å². The number of carbonyl (C=O) groups excluding carboxylic acids is 1. The molecule has 0 fully saturated rings. The highest BCUT2D eigenvalue weighted by Gasteiger charge is 2.18. The summed E-state index contributed by atoms with van der Waals surface area (Å²) in [5, 5.41) is 0. The van der Waals surface area contributed by atoms with Crippen LogP contribution >= 0.6 is 0 Å². The Hall–Kier alpha value is -2.10. The van der Waals surface area contributed by atoms with Gasteiger partial charge in [0.1, 0.15) is 12.1 Å². The molecule has 0 aliphatic heterocycles. The summed E-state index contributed by atoms with van der Waals surface area (Å²) in [5.41, 5.74) is 3.27. The second-order valence-corrected chi connectivity index (χ2v) is 4.72. The second-order valence-electron chi connectivity index (χ2n) is 4.72. The molecular formula is C15H18N2O2. The van der Waals surface area contributed by atoms with Crippen molar-refractivity contribution >= 4 is 5.91 Å². The molecule has 1 heterocycles. The molecule has 0 aliphatic carbocycles. The van der Waals surface area contributed by atoms with Crippen molar-refractivity contribution in [3.63, 3.8) is 0 Å². The zero-order chi connectivity index (χ0) is 14.0. The molecule has 0 N–H and O–H groups in total. The number of benzene rings is 1. The Morgan fingerprint density at radius 3 is 2.58 bits per heavy atom. The van der Waals surface area contributed by atoms with E-state index < -0.39 is 6.10 Å². The molecule has 2 rings (SSSR count). The van der Waals surface area contributed by atoms with Crippen LogP contribution in [-0.2, 0) is 0 Å². The van der Waals surface area contributed by atoms with Gasteiger partial charge in [-0.1, -0.05) is 12.1 Å². The summed E-state index contributed by atoms with van der Waals surface area (Å²) in [4.78, 5) is 16.0. The van der Waals surface area contributed by atoms with E-state index in [9.17, 15) is 4.79 Å². The van der Waals surface area contributed by atoms with E-state index in [-0.39, 0.29) is 5.91 Å². The lowest BCUT2D eigenvalue weighted by Crippen LogP contribution is -2.29. The van der Waals surface area contributed by atoms with Crippen LogP contribution in [0.1, 0.15) is 28.4 Å². The van der Waals surface area contributed by atoms with E-state index in [1.165, 1.54) is 10.9 Å². The number of aryl methyl sites for hydroxylation is 2. The van der Waals surface area contributed by atoms with Gasteiger partial charge in [0.2, 0.25) is 0 Å². The molecule has 0 saturated heterocycles. The number of ether oxygens (including phenoxy) is 1. The Bertz CT molecular complexity index is 588. The van der Waals surface area contributed by atoms with Crippen LogP contribution in [0, 0.1) is 20.8 Å². The van der Waals surface area contributed by atoms with Gasteiger partial charge in [-0.05, 0) is 44.4 Å². The maximum absolute atomic E-state index is 12.1. The standard InChI is InChI=1S/C15H18N2O2/c1-10-5-6-11(2)14(12(10)3)19-13(4)15(18)17-8-7-16-9-17/h5-9,13H,1-4H3. The summed E-state index contributed by atoms with van der Waals surface area (Å²) in [6.45, 7) is 7.77. The summed E-state index contributed by atoms with van der Waals surface area (Å²) < 4.78 is 7.28. The SMILES string of the molecule is Cc1ccc(C)c(OC(C)C(=O)n2ccnc2)c1C. The fourth-order valence-corrected chi connectivity index (χ4v) is 1.93. The monoisotopic (exact) mass is 258 g/mol. The normalized spacial score (nSPS) is 12.2. The Morgan fingerprint density at radius 2 is 1.95 bits per heavy atom. The number of imidazole rings is 1. The third-order valence-electron chi connectivity index (χ3n) is 3.27. The Balaban J connectivity index is 2.22. The lowest BCUT2D eigenvalue weighted by molar-refractivity contribution is 0.0725. The molecule has 100 valence electrons. The predicted octanol–water partition coefficient (Wildman–Crippen LogP) is 2.92. The van der Waals surface area contributed by atoms with Gasteiger partial charge < -0.3 is 4.74 Å². The quantitative estimate of drug-likeness (QED) is 0.850. The third kappa shape index (κ3) is 2.67. The number of nitrogens with zero attached hydrogens (tertiary/aromatic N) is 2. The molecule has 1 unspecified atom stereocenters. The second kappa shape index (κ2) is 5.26. The molecule has 19 heavy (non-hydrogen) atoms. The Morgan fingerprint density at radius 1 is 1.26 bits per heavy atom. The lowest BCUT2D eigenvalue weighted by Gasteiger charge is -2.18. The van der Waals surface area contributed by atoms with E-state index >= 15 is 0 Å². The van der Waals surface area contributed by atoms with Gasteiger partial charge in [-0.15, -0.1) is 0 Å². The van der Waals surface area contributed by atoms with E-state index in [1.807, 2.05) is 26.8 Å². The molecule has 4 nitrogen and oxygen atoms in total. The van der Waals surface area contributed by atoms with Crippen LogP contribution < -0.4 is 4.74 Å². The van der Waals surface area contributed by atoms with E-state index in [4.69, 9.17) is 4.74 Å². The number of hydrogen-bond donors (Lipinski definition) is 0. The Labute approximate surface area is 113 Å². The van der Waals surface area contributed by atoms with Crippen LogP contribution in [-0.4, -0.2) is 21.6 Å². The van der Waals surface area contributed by atoms with Crippen LogP contribution in [0.3, 0.4) is 0 Å². The van der Waals surface area contributed by atoms with Crippen molar-refractivity contribution in [2.24, 2.45) is 0 Å². The van der Waals surface area contributed by atoms with Gasteiger partial charge in [-0.3, -0.25) is 9.36 Å². The van der Waals surface area contributed by atoms with Gasteiger partial charge in [0, 0.05) is 12.4 Å². The zero-order valence-electron chi connectivity index (χ0n) is 11.7. The maximum atomic E-state index is 12.1. The first-order valence-electron chi connectivity index (χ1n) is 6.26. The van der Waals surface area contributed by atoms with Gasteiger partial charge in [0.05, 0.1) is 0 Å². The smallest absolute Gasteiger partial charge is 0.272 e. The van der Waals surface area contributed by atoms with Gasteiger partial charge in [-0.25, -0.2) is 4.98 Å². The van der Waals surface area contributed by atoms with Crippen LogP contribution in [0.15, 0.2) is 30.9 Å². The van der Waals surface area contributed by atoms with Crippen LogP contribution in [0.25, 0.3) is 0 Å². The summed E-state index contributed by atoms with van der Waals surface area (Å²) in [7, 11) is 0. The van der Waals surface area contributed by atoms with Crippen LogP contribution in [0.4, 0.5) is 0 Å². The molecular weight excluding hydrogens is 240 g/mol. The molecule has 1 atom stereocenters. The van der Waals surface area contributed by atoms with Crippen LogP contribution in [0.5, 0.6) is 5.75 Å². The van der Waals surface area contributed by atoms with Crippen molar-refractivity contribution in [2.75, 3.05) is 0 Å². The number of aromatic nitrogens is 2. The third-order valence-corrected chi connectivity index (χ3v) is 3.27. The number of carbonyl (C=O) groups is 1. The van der Waals surface area contributed by atoms with Crippen molar-refractivity contribution in [1.82, 2.24) is 9.55 Å². The first kappa shape index (κ1) is 13.3. The molecule has 0 bridgehead atoms. The summed E-state index contributed by atoms with van der Waals surface area (Å²) >= 11 is 0. The van der Waals surface area contributed by atoms with E-state index in [2.05, 4.69) is 11.1 Å². The highest BCUT2D eigenvalue weighted by atomic mass is 16.5. The van der Waals surface area contributed by atoms with Crippen molar-refractivity contribution in [3.8, 4) is 5.75 Å². The van der Waals surface area contributed by atoms with Crippen molar-refractivity contribution in [2.45, 2.75) is 33.8 Å². The summed E-state index contributed by atoms with van der Waals surface area (Å²) in [6, 6.07) is 4.06. The first-order valence-corrected chi connectivity index (χ1v) is 6.26. The van der Waals surface area contributed by atoms with Crippen molar-refractivity contribution < 1.29 is 9.53 Å². The molecule has 1 aromatic carbocycles. The van der Waals surface area contributed by atoms with Gasteiger partial charge in [0.15, 0.2) is 6.10 Å². The largest absolute Gasteiger partial charge is 0.480 e. The molecule has 0 spiro atoms. The molecule has 0 saturated carbocycles. The fraction of sp³-hybridized carbons (Fsp3) is 0.333. The highest BCUT2D eigenvalue weighted by molar-refractivity contribution is 5.83.